The van der Waals surface area contributed by atoms with Crippen molar-refractivity contribution >= 4 is 5.97 Å². The minimum atomic E-state index is -0.767. The fourth-order valence-corrected chi connectivity index (χ4v) is 1.88. The van der Waals surface area contributed by atoms with E-state index in [4.69, 9.17) is 9.84 Å². The summed E-state index contributed by atoms with van der Waals surface area (Å²) in [4.78, 5) is 10.4. The van der Waals surface area contributed by atoms with Gasteiger partial charge in [0.1, 0.15) is 0 Å². The van der Waals surface area contributed by atoms with Crippen molar-refractivity contribution in [1.29, 1.82) is 0 Å². The predicted octanol–water partition coefficient (Wildman–Crippen LogP) is 0.937. The molecule has 1 N–H and O–H groups in total. The van der Waals surface area contributed by atoms with E-state index in [9.17, 15) is 4.79 Å². The van der Waals surface area contributed by atoms with Crippen molar-refractivity contribution in [2.75, 3.05) is 13.2 Å². The number of nitrogens with zero attached hydrogens (tertiary/aromatic N) is 2. The van der Waals surface area contributed by atoms with Gasteiger partial charge in [0, 0.05) is 31.7 Å². The second-order valence-electron chi connectivity index (χ2n) is 4.19. The van der Waals surface area contributed by atoms with E-state index < -0.39 is 5.97 Å². The molecule has 2 heterocycles. The Morgan fingerprint density at radius 3 is 3.25 bits per heavy atom. The summed E-state index contributed by atoms with van der Waals surface area (Å²) in [7, 11) is 0. The van der Waals surface area contributed by atoms with Crippen molar-refractivity contribution in [3.05, 3.63) is 18.0 Å². The first-order chi connectivity index (χ1) is 7.74. The number of carbonyl (C=O) groups is 1. The molecule has 1 aliphatic rings. The zero-order valence-corrected chi connectivity index (χ0v) is 9.13. The maximum Gasteiger partial charge on any atom is 0.303 e. The molecule has 1 fully saturated rings. The van der Waals surface area contributed by atoms with Gasteiger partial charge in [-0.3, -0.25) is 9.48 Å². The average molecular weight is 224 g/mol. The van der Waals surface area contributed by atoms with Crippen LogP contribution in [-0.2, 0) is 22.5 Å². The lowest BCUT2D eigenvalue weighted by Crippen LogP contribution is -2.10. The maximum atomic E-state index is 10.4. The Bertz CT molecular complexity index is 356. The molecule has 88 valence electrons. The van der Waals surface area contributed by atoms with Crippen LogP contribution in [0.15, 0.2) is 12.4 Å². The number of ether oxygens (including phenoxy) is 1. The second-order valence-corrected chi connectivity index (χ2v) is 4.19. The summed E-state index contributed by atoms with van der Waals surface area (Å²) in [5.74, 6) is -0.218. The van der Waals surface area contributed by atoms with Gasteiger partial charge in [0.25, 0.3) is 0 Å². The van der Waals surface area contributed by atoms with Gasteiger partial charge in [0.15, 0.2) is 0 Å². The molecule has 1 atom stereocenters. The molecule has 1 saturated heterocycles. The normalized spacial score (nSPS) is 20.1. The number of carboxylic acids is 1. The molecule has 0 aromatic carbocycles. The molecule has 0 bridgehead atoms. The summed E-state index contributed by atoms with van der Waals surface area (Å²) in [5.41, 5.74) is 0.987. The van der Waals surface area contributed by atoms with Gasteiger partial charge >= 0.3 is 5.97 Å². The van der Waals surface area contributed by atoms with E-state index in [2.05, 4.69) is 5.10 Å². The van der Waals surface area contributed by atoms with Crippen LogP contribution >= 0.6 is 0 Å². The maximum absolute atomic E-state index is 10.4. The van der Waals surface area contributed by atoms with Gasteiger partial charge in [-0.05, 0) is 18.4 Å². The third-order valence-corrected chi connectivity index (χ3v) is 2.78. The Kier molecular flexibility index (Phi) is 3.56. The summed E-state index contributed by atoms with van der Waals surface area (Å²) < 4.78 is 7.18. The molecule has 0 unspecified atom stereocenters. The minimum absolute atomic E-state index is 0.165. The van der Waals surface area contributed by atoms with Crippen molar-refractivity contribution in [3.8, 4) is 0 Å². The molecule has 0 radical (unpaired) electrons. The third-order valence-electron chi connectivity index (χ3n) is 2.78. The summed E-state index contributed by atoms with van der Waals surface area (Å²) in [5, 5.41) is 12.8. The monoisotopic (exact) mass is 224 g/mol. The average Bonchev–Trinajstić information content (AvgIpc) is 2.87. The smallest absolute Gasteiger partial charge is 0.303 e. The SMILES string of the molecule is O=C(O)CCc1cnn(C[C@@H]2CCOC2)c1. The van der Waals surface area contributed by atoms with Gasteiger partial charge in [-0.25, -0.2) is 0 Å². The Balaban J connectivity index is 1.84. The van der Waals surface area contributed by atoms with Crippen LogP contribution < -0.4 is 0 Å². The lowest BCUT2D eigenvalue weighted by molar-refractivity contribution is -0.136. The van der Waals surface area contributed by atoms with Crippen molar-refractivity contribution in [3.63, 3.8) is 0 Å². The Morgan fingerprint density at radius 2 is 2.56 bits per heavy atom. The highest BCUT2D eigenvalue weighted by molar-refractivity contribution is 5.67. The number of aromatic nitrogens is 2. The topological polar surface area (TPSA) is 64.3 Å². The van der Waals surface area contributed by atoms with Crippen LogP contribution in [0.1, 0.15) is 18.4 Å². The van der Waals surface area contributed by atoms with Crippen LogP contribution in [0, 0.1) is 5.92 Å². The first-order valence-corrected chi connectivity index (χ1v) is 5.55. The second kappa shape index (κ2) is 5.12. The zero-order valence-electron chi connectivity index (χ0n) is 9.13. The third kappa shape index (κ3) is 3.06. The summed E-state index contributed by atoms with van der Waals surface area (Å²) in [6, 6.07) is 0. The quantitative estimate of drug-likeness (QED) is 0.808. The Labute approximate surface area is 94.0 Å². The predicted molar refractivity (Wildman–Crippen MR) is 57.1 cm³/mol. The first-order valence-electron chi connectivity index (χ1n) is 5.55. The zero-order chi connectivity index (χ0) is 11.4. The van der Waals surface area contributed by atoms with E-state index in [-0.39, 0.29) is 6.42 Å². The summed E-state index contributed by atoms with van der Waals surface area (Å²) >= 11 is 0. The van der Waals surface area contributed by atoms with E-state index in [1.807, 2.05) is 10.9 Å². The van der Waals surface area contributed by atoms with Crippen LogP contribution in [0.2, 0.25) is 0 Å². The van der Waals surface area contributed by atoms with Crippen LogP contribution in [0.5, 0.6) is 0 Å². The summed E-state index contributed by atoms with van der Waals surface area (Å²) in [6.45, 7) is 2.52. The highest BCUT2D eigenvalue weighted by Gasteiger charge is 2.16. The molecular formula is C11H16N2O3. The van der Waals surface area contributed by atoms with Crippen molar-refractivity contribution in [2.45, 2.75) is 25.8 Å². The molecule has 0 amide bonds. The molecule has 0 saturated carbocycles. The van der Waals surface area contributed by atoms with Crippen LogP contribution in [0.4, 0.5) is 0 Å². The number of aryl methyl sites for hydroxylation is 1. The molecular weight excluding hydrogens is 208 g/mol. The molecule has 2 rings (SSSR count). The fourth-order valence-electron chi connectivity index (χ4n) is 1.88. The number of hydrogen-bond acceptors (Lipinski definition) is 3. The molecule has 1 aliphatic heterocycles. The lowest BCUT2D eigenvalue weighted by atomic mass is 10.1. The van der Waals surface area contributed by atoms with Crippen LogP contribution in [0.3, 0.4) is 0 Å². The van der Waals surface area contributed by atoms with E-state index in [1.165, 1.54) is 0 Å². The minimum Gasteiger partial charge on any atom is -0.481 e. The van der Waals surface area contributed by atoms with Crippen molar-refractivity contribution in [1.82, 2.24) is 9.78 Å². The van der Waals surface area contributed by atoms with Gasteiger partial charge in [-0.1, -0.05) is 0 Å². The van der Waals surface area contributed by atoms with Crippen molar-refractivity contribution < 1.29 is 14.6 Å². The molecule has 16 heavy (non-hydrogen) atoms. The van der Waals surface area contributed by atoms with Gasteiger partial charge in [0.2, 0.25) is 0 Å². The van der Waals surface area contributed by atoms with Gasteiger partial charge < -0.3 is 9.84 Å². The van der Waals surface area contributed by atoms with E-state index in [1.54, 1.807) is 6.20 Å². The van der Waals surface area contributed by atoms with Crippen LogP contribution in [-0.4, -0.2) is 34.1 Å². The first kappa shape index (κ1) is 11.1. The Morgan fingerprint density at radius 1 is 1.69 bits per heavy atom. The number of aliphatic carboxylic acids is 1. The molecule has 1 aromatic rings. The van der Waals surface area contributed by atoms with Gasteiger partial charge in [0.05, 0.1) is 12.8 Å². The van der Waals surface area contributed by atoms with Crippen LogP contribution in [0.25, 0.3) is 0 Å². The molecule has 0 spiro atoms. The van der Waals surface area contributed by atoms with E-state index >= 15 is 0 Å². The standard InChI is InChI=1S/C11H16N2O3/c14-11(15)2-1-9-5-12-13(6-9)7-10-3-4-16-8-10/h5-6,10H,1-4,7-8H2,(H,14,15)/t10-/m0/s1. The largest absolute Gasteiger partial charge is 0.481 e. The Hall–Kier alpha value is -1.36. The van der Waals surface area contributed by atoms with E-state index in [0.29, 0.717) is 12.3 Å². The van der Waals surface area contributed by atoms with E-state index in [0.717, 1.165) is 31.7 Å². The number of rotatable bonds is 5. The molecule has 0 aliphatic carbocycles. The number of hydrogen-bond donors (Lipinski definition) is 1. The summed E-state index contributed by atoms with van der Waals surface area (Å²) in [6.07, 6.45) is 5.49. The van der Waals surface area contributed by atoms with Gasteiger partial charge in [-0.15, -0.1) is 0 Å². The molecule has 5 nitrogen and oxygen atoms in total. The van der Waals surface area contributed by atoms with Crippen molar-refractivity contribution in [2.24, 2.45) is 5.92 Å². The lowest BCUT2D eigenvalue weighted by Gasteiger charge is -2.06. The molecule has 5 heteroatoms. The highest BCUT2D eigenvalue weighted by atomic mass is 16.5. The fraction of sp³-hybridized carbons (Fsp3) is 0.636. The highest BCUT2D eigenvalue weighted by Crippen LogP contribution is 2.14. The molecule has 1 aromatic heterocycles. The van der Waals surface area contributed by atoms with Gasteiger partial charge in [-0.2, -0.15) is 5.10 Å². The number of carboxylic acid groups (broad SMARTS) is 1.